The zero-order valence-electron chi connectivity index (χ0n) is 17.4. The SMILES string of the molecule is CCNCCCOc1ccc2c3ccc(OCCCNCC)cc3n(C)c2c1. The highest BCUT2D eigenvalue weighted by atomic mass is 16.5. The van der Waals surface area contributed by atoms with E-state index in [1.165, 1.54) is 21.8 Å². The molecule has 152 valence electrons. The van der Waals surface area contributed by atoms with Crippen LogP contribution >= 0.6 is 0 Å². The van der Waals surface area contributed by atoms with Gasteiger partial charge in [-0.3, -0.25) is 0 Å². The Morgan fingerprint density at radius 2 is 1.21 bits per heavy atom. The highest BCUT2D eigenvalue weighted by Crippen LogP contribution is 2.32. The predicted octanol–water partition coefficient (Wildman–Crippen LogP) is 4.09. The van der Waals surface area contributed by atoms with Crippen molar-refractivity contribution < 1.29 is 9.47 Å². The Hall–Kier alpha value is -2.24. The molecule has 0 bridgehead atoms. The maximum absolute atomic E-state index is 5.94. The molecule has 0 unspecified atom stereocenters. The van der Waals surface area contributed by atoms with Crippen LogP contribution in [0, 0.1) is 0 Å². The lowest BCUT2D eigenvalue weighted by Gasteiger charge is -2.07. The summed E-state index contributed by atoms with van der Waals surface area (Å²) >= 11 is 0. The number of nitrogens with one attached hydrogen (secondary N) is 2. The summed E-state index contributed by atoms with van der Waals surface area (Å²) in [5, 5.41) is 9.14. The third-order valence-corrected chi connectivity index (χ3v) is 4.98. The Labute approximate surface area is 168 Å². The van der Waals surface area contributed by atoms with Crippen molar-refractivity contribution in [3.05, 3.63) is 36.4 Å². The van der Waals surface area contributed by atoms with E-state index in [4.69, 9.17) is 9.47 Å². The molecule has 0 saturated heterocycles. The summed E-state index contributed by atoms with van der Waals surface area (Å²) in [5.41, 5.74) is 2.37. The second-order valence-electron chi connectivity index (χ2n) is 7.03. The Balaban J connectivity index is 1.71. The fraction of sp³-hybridized carbons (Fsp3) is 0.478. The third-order valence-electron chi connectivity index (χ3n) is 4.98. The minimum absolute atomic E-state index is 0.729. The van der Waals surface area contributed by atoms with Gasteiger partial charge in [0.25, 0.3) is 0 Å². The van der Waals surface area contributed by atoms with E-state index in [-0.39, 0.29) is 0 Å². The second-order valence-corrected chi connectivity index (χ2v) is 7.03. The molecule has 0 fully saturated rings. The summed E-state index contributed by atoms with van der Waals surface area (Å²) in [4.78, 5) is 0. The first kappa shape index (κ1) is 20.5. The third kappa shape index (κ3) is 4.97. The van der Waals surface area contributed by atoms with Crippen LogP contribution in [0.5, 0.6) is 11.5 Å². The van der Waals surface area contributed by atoms with Crippen molar-refractivity contribution >= 4 is 21.8 Å². The number of nitrogens with zero attached hydrogens (tertiary/aromatic N) is 1. The highest BCUT2D eigenvalue weighted by Gasteiger charge is 2.10. The lowest BCUT2D eigenvalue weighted by atomic mass is 10.1. The number of hydrogen-bond donors (Lipinski definition) is 2. The van der Waals surface area contributed by atoms with Gasteiger partial charge in [-0.15, -0.1) is 0 Å². The van der Waals surface area contributed by atoms with Gasteiger partial charge in [0.2, 0.25) is 0 Å². The first-order valence-electron chi connectivity index (χ1n) is 10.4. The molecule has 0 aliphatic rings. The first-order chi connectivity index (χ1) is 13.7. The number of aromatic nitrogens is 1. The Morgan fingerprint density at radius 1 is 0.750 bits per heavy atom. The van der Waals surface area contributed by atoms with Gasteiger partial charge in [0.1, 0.15) is 11.5 Å². The standard InChI is InChI=1S/C23H33N3O2/c1-4-24-12-6-14-27-18-8-10-20-21-11-9-19(28-15-7-13-25-5-2)17-23(21)26(3)22(20)16-18/h8-11,16-17,24-25H,4-7,12-15H2,1-3H3. The van der Waals surface area contributed by atoms with Crippen LogP contribution in [0.1, 0.15) is 26.7 Å². The Morgan fingerprint density at radius 3 is 1.64 bits per heavy atom. The van der Waals surface area contributed by atoms with Crippen LogP contribution in [0.25, 0.3) is 21.8 Å². The van der Waals surface area contributed by atoms with Crippen molar-refractivity contribution in [2.24, 2.45) is 7.05 Å². The van der Waals surface area contributed by atoms with Gasteiger partial charge in [0, 0.05) is 30.0 Å². The van der Waals surface area contributed by atoms with Crippen molar-refractivity contribution in [1.82, 2.24) is 15.2 Å². The number of hydrogen-bond acceptors (Lipinski definition) is 4. The van der Waals surface area contributed by atoms with Gasteiger partial charge in [-0.2, -0.15) is 0 Å². The van der Waals surface area contributed by atoms with Crippen LogP contribution in [-0.2, 0) is 7.05 Å². The summed E-state index contributed by atoms with van der Waals surface area (Å²) in [6.45, 7) is 9.69. The summed E-state index contributed by atoms with van der Waals surface area (Å²) < 4.78 is 14.1. The average molecular weight is 384 g/mol. The molecule has 28 heavy (non-hydrogen) atoms. The second kappa shape index (κ2) is 10.3. The summed E-state index contributed by atoms with van der Waals surface area (Å²) in [5.74, 6) is 1.85. The monoisotopic (exact) mass is 383 g/mol. The van der Waals surface area contributed by atoms with Crippen LogP contribution in [0.2, 0.25) is 0 Å². The minimum Gasteiger partial charge on any atom is -0.493 e. The number of aryl methyl sites for hydroxylation is 1. The molecule has 3 rings (SSSR count). The highest BCUT2D eigenvalue weighted by molar-refractivity contribution is 6.08. The molecule has 3 aromatic rings. The number of fused-ring (bicyclic) bond motifs is 3. The van der Waals surface area contributed by atoms with Gasteiger partial charge >= 0.3 is 0 Å². The van der Waals surface area contributed by atoms with Crippen molar-refractivity contribution in [3.63, 3.8) is 0 Å². The van der Waals surface area contributed by atoms with Crippen LogP contribution in [-0.4, -0.2) is 44.0 Å². The van der Waals surface area contributed by atoms with Crippen LogP contribution in [0.15, 0.2) is 36.4 Å². The van der Waals surface area contributed by atoms with Gasteiger partial charge in [-0.1, -0.05) is 13.8 Å². The zero-order chi connectivity index (χ0) is 19.8. The maximum atomic E-state index is 5.94. The molecule has 0 atom stereocenters. The smallest absolute Gasteiger partial charge is 0.121 e. The van der Waals surface area contributed by atoms with Crippen LogP contribution < -0.4 is 20.1 Å². The van der Waals surface area contributed by atoms with Crippen molar-refractivity contribution in [3.8, 4) is 11.5 Å². The van der Waals surface area contributed by atoms with Gasteiger partial charge in [-0.25, -0.2) is 0 Å². The van der Waals surface area contributed by atoms with Gasteiger partial charge in [0.15, 0.2) is 0 Å². The van der Waals surface area contributed by atoms with E-state index < -0.39 is 0 Å². The molecule has 5 nitrogen and oxygen atoms in total. The van der Waals surface area contributed by atoms with E-state index in [1.807, 2.05) is 0 Å². The topological polar surface area (TPSA) is 47.4 Å². The van der Waals surface area contributed by atoms with Gasteiger partial charge in [0.05, 0.1) is 24.2 Å². The van der Waals surface area contributed by atoms with Crippen LogP contribution in [0.4, 0.5) is 0 Å². The molecule has 1 heterocycles. The number of ether oxygens (including phenoxy) is 2. The zero-order valence-corrected chi connectivity index (χ0v) is 17.4. The van der Waals surface area contributed by atoms with E-state index in [9.17, 15) is 0 Å². The average Bonchev–Trinajstić information content (AvgIpc) is 2.99. The molecule has 0 saturated carbocycles. The molecular weight excluding hydrogens is 350 g/mol. The summed E-state index contributed by atoms with van der Waals surface area (Å²) in [7, 11) is 2.11. The van der Waals surface area contributed by atoms with Crippen molar-refractivity contribution in [1.29, 1.82) is 0 Å². The van der Waals surface area contributed by atoms with E-state index in [0.717, 1.165) is 63.7 Å². The molecule has 2 N–H and O–H groups in total. The van der Waals surface area contributed by atoms with Crippen molar-refractivity contribution in [2.45, 2.75) is 26.7 Å². The molecule has 0 aliphatic heterocycles. The summed E-state index contributed by atoms with van der Waals surface area (Å²) in [6, 6.07) is 12.7. The fourth-order valence-electron chi connectivity index (χ4n) is 3.47. The molecule has 2 aromatic carbocycles. The molecule has 0 spiro atoms. The van der Waals surface area contributed by atoms with E-state index in [1.54, 1.807) is 0 Å². The van der Waals surface area contributed by atoms with E-state index in [2.05, 4.69) is 72.5 Å². The lowest BCUT2D eigenvalue weighted by molar-refractivity contribution is 0.309. The van der Waals surface area contributed by atoms with E-state index >= 15 is 0 Å². The normalized spacial score (nSPS) is 11.4. The lowest BCUT2D eigenvalue weighted by Crippen LogP contribution is -2.16. The molecule has 0 radical (unpaired) electrons. The van der Waals surface area contributed by atoms with E-state index in [0.29, 0.717) is 0 Å². The first-order valence-corrected chi connectivity index (χ1v) is 10.4. The molecule has 0 amide bonds. The van der Waals surface area contributed by atoms with Crippen molar-refractivity contribution in [2.75, 3.05) is 39.4 Å². The predicted molar refractivity (Wildman–Crippen MR) is 118 cm³/mol. The fourth-order valence-corrected chi connectivity index (χ4v) is 3.47. The summed E-state index contributed by atoms with van der Waals surface area (Å²) in [6.07, 6.45) is 2.02. The Bertz CT molecular complexity index is 817. The maximum Gasteiger partial charge on any atom is 0.121 e. The van der Waals surface area contributed by atoms with Gasteiger partial charge < -0.3 is 24.7 Å². The molecular formula is C23H33N3O2. The molecule has 5 heteroatoms. The minimum atomic E-state index is 0.729. The molecule has 1 aromatic heterocycles. The molecule has 0 aliphatic carbocycles. The Kier molecular flexibility index (Phi) is 7.57. The quantitative estimate of drug-likeness (QED) is 0.463. The van der Waals surface area contributed by atoms with Gasteiger partial charge in [-0.05, 0) is 63.3 Å². The number of benzene rings is 2. The number of rotatable bonds is 12. The largest absolute Gasteiger partial charge is 0.493 e. The van der Waals surface area contributed by atoms with Crippen LogP contribution in [0.3, 0.4) is 0 Å².